The number of hydrogen-bond acceptors (Lipinski definition) is 7. The molecule has 1 N–H and O–H groups in total. The van der Waals surface area contributed by atoms with Gasteiger partial charge in [-0.2, -0.15) is 10.2 Å². The van der Waals surface area contributed by atoms with Crippen molar-refractivity contribution in [1.29, 1.82) is 0 Å². The van der Waals surface area contributed by atoms with Gasteiger partial charge in [-0.3, -0.25) is 9.48 Å². The number of aromatic nitrogens is 5. The van der Waals surface area contributed by atoms with Crippen LogP contribution in [0, 0.1) is 12.7 Å². The Hall–Kier alpha value is -4.22. The van der Waals surface area contributed by atoms with Crippen molar-refractivity contribution in [2.24, 2.45) is 7.05 Å². The van der Waals surface area contributed by atoms with Crippen LogP contribution in [0.15, 0.2) is 30.6 Å². The number of rotatable bonds is 5. The Morgan fingerprint density at radius 1 is 1.07 bits per heavy atom. The smallest absolute Gasteiger partial charge is 0.410 e. The lowest BCUT2D eigenvalue weighted by Crippen LogP contribution is -2.50. The lowest BCUT2D eigenvalue weighted by atomic mass is 10.0. The molecule has 12 heteroatoms. The Morgan fingerprint density at radius 2 is 1.78 bits per heavy atom. The summed E-state index contributed by atoms with van der Waals surface area (Å²) in [5.41, 5.74) is 1.79. The molecule has 1 aliphatic heterocycles. The Labute approximate surface area is 237 Å². The predicted molar refractivity (Wildman–Crippen MR) is 153 cm³/mol. The number of nitrogens with zero attached hydrogens (tertiary/aromatic N) is 7. The average molecular weight is 563 g/mol. The summed E-state index contributed by atoms with van der Waals surface area (Å²) in [5.74, 6) is -0.531. The molecule has 1 aromatic carbocycles. The zero-order chi connectivity index (χ0) is 29.1. The van der Waals surface area contributed by atoms with Gasteiger partial charge in [-0.25, -0.2) is 18.7 Å². The highest BCUT2D eigenvalue weighted by Crippen LogP contribution is 2.36. The molecular weight excluding hydrogens is 527 g/mol. The molecule has 1 aliphatic carbocycles. The molecular formula is C29H35FN8O3. The minimum Gasteiger partial charge on any atom is -0.444 e. The molecule has 1 saturated heterocycles. The zero-order valence-corrected chi connectivity index (χ0v) is 24.0. The minimum absolute atomic E-state index is 0.104. The number of aryl methyl sites for hydroxylation is 2. The molecule has 0 bridgehead atoms. The largest absolute Gasteiger partial charge is 0.444 e. The van der Waals surface area contributed by atoms with Crippen molar-refractivity contribution in [1.82, 2.24) is 29.3 Å². The monoisotopic (exact) mass is 562 g/mol. The first kappa shape index (κ1) is 27.0. The number of halogens is 1. The van der Waals surface area contributed by atoms with E-state index < -0.39 is 17.3 Å². The van der Waals surface area contributed by atoms with Gasteiger partial charge in [-0.05, 0) is 65.5 Å². The Bertz CT molecular complexity index is 1640. The average Bonchev–Trinajstić information content (AvgIpc) is 3.51. The summed E-state index contributed by atoms with van der Waals surface area (Å²) in [7, 11) is 1.82. The lowest BCUT2D eigenvalue weighted by molar-refractivity contribution is 0.0114. The quantitative estimate of drug-likeness (QED) is 0.376. The van der Waals surface area contributed by atoms with Crippen LogP contribution in [-0.2, 0) is 11.8 Å². The molecule has 4 aromatic rings. The van der Waals surface area contributed by atoms with Crippen LogP contribution in [0.1, 0.15) is 62.6 Å². The van der Waals surface area contributed by atoms with Crippen LogP contribution in [0.2, 0.25) is 0 Å². The molecule has 4 heterocycles. The maximum Gasteiger partial charge on any atom is 0.410 e. The van der Waals surface area contributed by atoms with E-state index in [2.05, 4.69) is 25.4 Å². The Morgan fingerprint density at radius 3 is 2.46 bits per heavy atom. The third-order valence-corrected chi connectivity index (χ3v) is 7.51. The van der Waals surface area contributed by atoms with Crippen LogP contribution in [0.3, 0.4) is 0 Å². The van der Waals surface area contributed by atoms with Gasteiger partial charge in [-0.1, -0.05) is 0 Å². The summed E-state index contributed by atoms with van der Waals surface area (Å²) in [6.45, 7) is 8.91. The summed E-state index contributed by atoms with van der Waals surface area (Å²) in [4.78, 5) is 34.7. The third-order valence-electron chi connectivity index (χ3n) is 7.51. The zero-order valence-electron chi connectivity index (χ0n) is 24.0. The van der Waals surface area contributed by atoms with Crippen LogP contribution < -0.4 is 10.2 Å². The van der Waals surface area contributed by atoms with Crippen LogP contribution in [-0.4, -0.2) is 72.1 Å². The molecule has 2 amide bonds. The first-order chi connectivity index (χ1) is 19.5. The van der Waals surface area contributed by atoms with E-state index in [4.69, 9.17) is 4.74 Å². The van der Waals surface area contributed by atoms with E-state index in [1.165, 1.54) is 16.8 Å². The van der Waals surface area contributed by atoms with Gasteiger partial charge < -0.3 is 19.9 Å². The number of benzene rings is 1. The van der Waals surface area contributed by atoms with Crippen LogP contribution in [0.4, 0.5) is 20.6 Å². The second-order valence-electron chi connectivity index (χ2n) is 12.0. The number of anilines is 2. The Balaban J connectivity index is 1.20. The van der Waals surface area contributed by atoms with Crippen LogP contribution in [0.25, 0.3) is 16.6 Å². The van der Waals surface area contributed by atoms with Gasteiger partial charge in [0.15, 0.2) is 11.5 Å². The summed E-state index contributed by atoms with van der Waals surface area (Å²) in [6, 6.07) is 5.34. The molecule has 1 saturated carbocycles. The van der Waals surface area contributed by atoms with Gasteiger partial charge >= 0.3 is 6.09 Å². The molecule has 2 fully saturated rings. The fourth-order valence-electron chi connectivity index (χ4n) is 5.63. The second-order valence-corrected chi connectivity index (χ2v) is 12.0. The van der Waals surface area contributed by atoms with Crippen molar-refractivity contribution in [3.8, 4) is 0 Å². The summed E-state index contributed by atoms with van der Waals surface area (Å²) in [6.07, 6.45) is 6.93. The van der Waals surface area contributed by atoms with Crippen molar-refractivity contribution in [2.75, 3.05) is 23.3 Å². The van der Waals surface area contributed by atoms with Gasteiger partial charge in [0, 0.05) is 55.6 Å². The van der Waals surface area contributed by atoms with Crippen molar-refractivity contribution in [2.45, 2.75) is 71.1 Å². The number of carbonyl (C=O) groups excluding carboxylic acids is 2. The number of nitrogens with one attached hydrogen (secondary N) is 1. The summed E-state index contributed by atoms with van der Waals surface area (Å²) in [5, 5.41) is 12.4. The number of fused-ring (bicyclic) bond motifs is 2. The fourth-order valence-corrected chi connectivity index (χ4v) is 5.63. The molecule has 216 valence electrons. The fraction of sp³-hybridized carbons (Fsp3) is 0.483. The van der Waals surface area contributed by atoms with Gasteiger partial charge in [0.1, 0.15) is 16.9 Å². The predicted octanol–water partition coefficient (Wildman–Crippen LogP) is 4.68. The first-order valence-electron chi connectivity index (χ1n) is 14.0. The number of pyridine rings is 1. The van der Waals surface area contributed by atoms with Crippen molar-refractivity contribution >= 4 is 39.9 Å². The molecule has 0 radical (unpaired) electrons. The number of carbonyl (C=O) groups is 2. The highest BCUT2D eigenvalue weighted by Gasteiger charge is 2.41. The SMILES string of the molecule is Cc1nc2c(F)cc(NC(=O)c3ccc(N4CCC(N(C(=O)OC(C)(C)C)C5CC5)CC4)c4cn(C)nc34)cn2n1. The van der Waals surface area contributed by atoms with E-state index in [1.807, 2.05) is 45.0 Å². The number of ether oxygens (including phenoxy) is 1. The molecule has 0 atom stereocenters. The number of hydrogen-bond donors (Lipinski definition) is 1. The molecule has 2 aliphatic rings. The summed E-state index contributed by atoms with van der Waals surface area (Å²) >= 11 is 0. The standard InChI is InChI=1S/C29H35FN8O3/c1-17-31-26-23(30)14-18(15-37(26)33-17)32-27(39)21-8-9-24(22-16-35(5)34-25(21)22)36-12-10-20(11-13-36)38(19-6-7-19)28(40)41-29(2,3)4/h8-9,14-16,19-20H,6-7,10-13H2,1-5H3,(H,32,39). The number of piperidine rings is 1. The molecule has 6 rings (SSSR count). The molecule has 11 nitrogen and oxygen atoms in total. The normalized spacial score (nSPS) is 16.4. The maximum absolute atomic E-state index is 14.5. The van der Waals surface area contributed by atoms with Gasteiger partial charge in [-0.15, -0.1) is 0 Å². The van der Waals surface area contributed by atoms with Gasteiger partial charge in [0.05, 0.1) is 17.4 Å². The van der Waals surface area contributed by atoms with Crippen LogP contribution >= 0.6 is 0 Å². The Kier molecular flexibility index (Phi) is 6.58. The van der Waals surface area contributed by atoms with E-state index in [9.17, 15) is 14.0 Å². The molecule has 41 heavy (non-hydrogen) atoms. The summed E-state index contributed by atoms with van der Waals surface area (Å²) < 4.78 is 23.3. The number of amides is 2. The van der Waals surface area contributed by atoms with Gasteiger partial charge in [0.25, 0.3) is 5.91 Å². The second kappa shape index (κ2) is 10.0. The molecule has 3 aromatic heterocycles. The topological polar surface area (TPSA) is 110 Å². The maximum atomic E-state index is 14.5. The highest BCUT2D eigenvalue weighted by molar-refractivity contribution is 6.13. The third kappa shape index (κ3) is 5.42. The van der Waals surface area contributed by atoms with Crippen LogP contribution in [0.5, 0.6) is 0 Å². The van der Waals surface area contributed by atoms with E-state index >= 15 is 0 Å². The van der Waals surface area contributed by atoms with Crippen molar-refractivity contribution in [3.63, 3.8) is 0 Å². The van der Waals surface area contributed by atoms with E-state index in [-0.39, 0.29) is 29.5 Å². The molecule has 0 spiro atoms. The van der Waals surface area contributed by atoms with Crippen molar-refractivity contribution in [3.05, 3.63) is 47.8 Å². The molecule has 0 unspecified atom stereocenters. The van der Waals surface area contributed by atoms with Gasteiger partial charge in [0.2, 0.25) is 0 Å². The van der Waals surface area contributed by atoms with E-state index in [1.54, 1.807) is 17.7 Å². The lowest BCUT2D eigenvalue weighted by Gasteiger charge is -2.40. The van der Waals surface area contributed by atoms with E-state index in [0.29, 0.717) is 16.9 Å². The van der Waals surface area contributed by atoms with Crippen molar-refractivity contribution < 1.29 is 18.7 Å². The minimum atomic E-state index is -0.572. The first-order valence-corrected chi connectivity index (χ1v) is 14.0. The van der Waals surface area contributed by atoms with E-state index in [0.717, 1.165) is 49.8 Å². The highest BCUT2D eigenvalue weighted by atomic mass is 19.1.